The van der Waals surface area contributed by atoms with Crippen LogP contribution in [0.5, 0.6) is 5.75 Å². The quantitative estimate of drug-likeness (QED) is 0.605. The molecule has 25 heavy (non-hydrogen) atoms. The molecule has 1 aliphatic rings. The van der Waals surface area contributed by atoms with Crippen molar-refractivity contribution in [2.45, 2.75) is 46.0 Å². The zero-order chi connectivity index (χ0) is 18.7. The molecule has 140 valence electrons. The molecule has 2 rings (SSSR count). The van der Waals surface area contributed by atoms with Crippen molar-refractivity contribution in [3.63, 3.8) is 0 Å². The van der Waals surface area contributed by atoms with E-state index < -0.39 is 11.9 Å². The van der Waals surface area contributed by atoms with Crippen molar-refractivity contribution in [2.24, 2.45) is 0 Å². The number of carboxylic acids is 2. The van der Waals surface area contributed by atoms with E-state index in [1.807, 2.05) is 0 Å². The number of carboxylic acid groups (broad SMARTS) is 2. The minimum Gasteiger partial charge on any atom is -0.493 e. The first-order chi connectivity index (χ1) is 11.9. The van der Waals surface area contributed by atoms with Gasteiger partial charge in [0.15, 0.2) is 0 Å². The Bertz CT molecular complexity index is 541. The molecule has 1 aromatic carbocycles. The highest BCUT2D eigenvalue weighted by Crippen LogP contribution is 2.19. The van der Waals surface area contributed by atoms with E-state index in [1.165, 1.54) is 56.4 Å². The van der Waals surface area contributed by atoms with E-state index >= 15 is 0 Å². The molecule has 0 unspecified atom stereocenters. The van der Waals surface area contributed by atoms with Crippen molar-refractivity contribution in [2.75, 3.05) is 26.2 Å². The Morgan fingerprint density at radius 2 is 1.68 bits per heavy atom. The molecule has 1 saturated heterocycles. The molecular weight excluding hydrogens is 322 g/mol. The maximum absolute atomic E-state index is 9.10. The highest BCUT2D eigenvalue weighted by molar-refractivity contribution is 6.27. The van der Waals surface area contributed by atoms with Crippen LogP contribution >= 0.6 is 0 Å². The lowest BCUT2D eigenvalue weighted by Crippen LogP contribution is -2.30. The number of benzene rings is 1. The molecule has 1 fully saturated rings. The minimum atomic E-state index is -1.82. The predicted octanol–water partition coefficient (Wildman–Crippen LogP) is 3.10. The number of rotatable bonds is 6. The van der Waals surface area contributed by atoms with Crippen LogP contribution in [0.15, 0.2) is 18.2 Å². The normalized spacial score (nSPS) is 14.3. The Morgan fingerprint density at radius 1 is 1.04 bits per heavy atom. The van der Waals surface area contributed by atoms with Gasteiger partial charge in [0.25, 0.3) is 0 Å². The fourth-order valence-corrected chi connectivity index (χ4v) is 2.67. The first-order valence-corrected chi connectivity index (χ1v) is 8.78. The molecule has 0 aromatic heterocycles. The van der Waals surface area contributed by atoms with E-state index in [0.29, 0.717) is 0 Å². The number of nitrogens with zero attached hydrogens (tertiary/aromatic N) is 1. The molecular formula is C19H29NO5. The molecule has 1 aromatic rings. The van der Waals surface area contributed by atoms with Crippen LogP contribution in [0.1, 0.15) is 43.2 Å². The molecule has 0 saturated carbocycles. The molecule has 0 atom stereocenters. The number of hydrogen-bond donors (Lipinski definition) is 2. The van der Waals surface area contributed by atoms with Gasteiger partial charge in [0, 0.05) is 0 Å². The largest absolute Gasteiger partial charge is 0.493 e. The maximum atomic E-state index is 9.10. The summed E-state index contributed by atoms with van der Waals surface area (Å²) in [4.78, 5) is 20.8. The summed E-state index contributed by atoms with van der Waals surface area (Å²) in [6.07, 6.45) is 6.61. The summed E-state index contributed by atoms with van der Waals surface area (Å²) < 4.78 is 5.89. The van der Waals surface area contributed by atoms with Gasteiger partial charge in [-0.05, 0) is 76.4 Å². The summed E-state index contributed by atoms with van der Waals surface area (Å²) in [5, 5.41) is 14.8. The fourth-order valence-electron chi connectivity index (χ4n) is 2.67. The number of hydrogen-bond acceptors (Lipinski definition) is 4. The van der Waals surface area contributed by atoms with Crippen molar-refractivity contribution in [1.29, 1.82) is 0 Å². The number of aliphatic carboxylic acids is 2. The Morgan fingerprint density at radius 3 is 2.28 bits per heavy atom. The van der Waals surface area contributed by atoms with E-state index in [0.717, 1.165) is 18.8 Å². The number of carbonyl (C=O) groups is 2. The SMILES string of the molecule is Cc1ccc(C)c(OCCCCN2CCCCC2)c1.O=C(O)C(=O)O. The molecule has 0 amide bonds. The van der Waals surface area contributed by atoms with Crippen molar-refractivity contribution in [3.8, 4) is 5.75 Å². The average molecular weight is 351 g/mol. The van der Waals surface area contributed by atoms with E-state index in [-0.39, 0.29) is 0 Å². The third-order valence-electron chi connectivity index (χ3n) is 4.10. The van der Waals surface area contributed by atoms with Crippen LogP contribution in [-0.4, -0.2) is 53.3 Å². The minimum absolute atomic E-state index is 0.845. The molecule has 0 spiro atoms. The van der Waals surface area contributed by atoms with Crippen molar-refractivity contribution in [3.05, 3.63) is 29.3 Å². The summed E-state index contributed by atoms with van der Waals surface area (Å²) >= 11 is 0. The lowest BCUT2D eigenvalue weighted by Gasteiger charge is -2.26. The third-order valence-corrected chi connectivity index (χ3v) is 4.10. The molecule has 6 heteroatoms. The predicted molar refractivity (Wildman–Crippen MR) is 96.2 cm³/mol. The second-order valence-corrected chi connectivity index (χ2v) is 6.34. The lowest BCUT2D eigenvalue weighted by molar-refractivity contribution is -0.159. The molecule has 1 heterocycles. The lowest BCUT2D eigenvalue weighted by atomic mass is 10.1. The van der Waals surface area contributed by atoms with E-state index in [9.17, 15) is 0 Å². The molecule has 0 bridgehead atoms. The first kappa shape index (κ1) is 21.0. The maximum Gasteiger partial charge on any atom is 0.414 e. The van der Waals surface area contributed by atoms with Gasteiger partial charge in [0.05, 0.1) is 6.61 Å². The van der Waals surface area contributed by atoms with Crippen LogP contribution in [0.2, 0.25) is 0 Å². The number of likely N-dealkylation sites (tertiary alicyclic amines) is 1. The van der Waals surface area contributed by atoms with Crippen molar-refractivity contribution < 1.29 is 24.5 Å². The summed E-state index contributed by atoms with van der Waals surface area (Å²) in [6, 6.07) is 6.41. The number of ether oxygens (including phenoxy) is 1. The van der Waals surface area contributed by atoms with Crippen LogP contribution in [0.25, 0.3) is 0 Å². The van der Waals surface area contributed by atoms with Crippen LogP contribution < -0.4 is 4.74 Å². The van der Waals surface area contributed by atoms with Gasteiger partial charge in [-0.3, -0.25) is 0 Å². The van der Waals surface area contributed by atoms with Crippen LogP contribution in [0.3, 0.4) is 0 Å². The van der Waals surface area contributed by atoms with Gasteiger partial charge in [-0.25, -0.2) is 9.59 Å². The monoisotopic (exact) mass is 351 g/mol. The van der Waals surface area contributed by atoms with E-state index in [2.05, 4.69) is 36.9 Å². The van der Waals surface area contributed by atoms with Crippen LogP contribution in [0, 0.1) is 13.8 Å². The second kappa shape index (κ2) is 11.5. The summed E-state index contributed by atoms with van der Waals surface area (Å²) in [5.41, 5.74) is 2.51. The fraction of sp³-hybridized carbons (Fsp3) is 0.579. The third kappa shape index (κ3) is 9.10. The average Bonchev–Trinajstić information content (AvgIpc) is 2.59. The van der Waals surface area contributed by atoms with Gasteiger partial charge in [-0.15, -0.1) is 0 Å². The van der Waals surface area contributed by atoms with Crippen LogP contribution in [-0.2, 0) is 9.59 Å². The molecule has 2 N–H and O–H groups in total. The summed E-state index contributed by atoms with van der Waals surface area (Å²) in [6.45, 7) is 8.93. The molecule has 0 radical (unpaired) electrons. The molecule has 6 nitrogen and oxygen atoms in total. The van der Waals surface area contributed by atoms with Gasteiger partial charge < -0.3 is 19.8 Å². The first-order valence-electron chi connectivity index (χ1n) is 8.78. The van der Waals surface area contributed by atoms with E-state index in [4.69, 9.17) is 24.5 Å². The van der Waals surface area contributed by atoms with Crippen molar-refractivity contribution in [1.82, 2.24) is 4.90 Å². The topological polar surface area (TPSA) is 87.1 Å². The Hall–Kier alpha value is -2.08. The number of unbranched alkanes of at least 4 members (excludes halogenated alkanes) is 1. The van der Waals surface area contributed by atoms with Gasteiger partial charge in [0.2, 0.25) is 0 Å². The Labute approximate surface area is 149 Å². The van der Waals surface area contributed by atoms with E-state index in [1.54, 1.807) is 0 Å². The highest BCUT2D eigenvalue weighted by atomic mass is 16.5. The summed E-state index contributed by atoms with van der Waals surface area (Å²) in [7, 11) is 0. The van der Waals surface area contributed by atoms with Gasteiger partial charge in [0.1, 0.15) is 5.75 Å². The van der Waals surface area contributed by atoms with Gasteiger partial charge in [-0.1, -0.05) is 18.6 Å². The Kier molecular flexibility index (Phi) is 9.62. The van der Waals surface area contributed by atoms with Crippen LogP contribution in [0.4, 0.5) is 0 Å². The second-order valence-electron chi connectivity index (χ2n) is 6.34. The highest BCUT2D eigenvalue weighted by Gasteiger charge is 2.09. The zero-order valence-electron chi connectivity index (χ0n) is 15.2. The van der Waals surface area contributed by atoms with Gasteiger partial charge >= 0.3 is 11.9 Å². The summed E-state index contributed by atoms with van der Waals surface area (Å²) in [5.74, 6) is -2.59. The number of piperidine rings is 1. The van der Waals surface area contributed by atoms with Crippen molar-refractivity contribution >= 4 is 11.9 Å². The smallest absolute Gasteiger partial charge is 0.414 e. The zero-order valence-corrected chi connectivity index (χ0v) is 15.2. The standard InChI is InChI=1S/C17H27NO.C2H2O4/c1-15-8-9-16(2)17(14-15)19-13-7-6-12-18-10-4-3-5-11-18;3-1(4)2(5)6/h8-9,14H,3-7,10-13H2,1-2H3;(H,3,4)(H,5,6). The molecule has 1 aliphatic heterocycles. The number of aryl methyl sites for hydroxylation is 2. The molecule has 0 aliphatic carbocycles. The Balaban J connectivity index is 0.000000450. The van der Waals surface area contributed by atoms with Gasteiger partial charge in [-0.2, -0.15) is 0 Å².